The SMILES string of the molecule is CC(Oc1cc(Oc2ccc(C(F)(F)F)cc2Cl)ccc1C#N)C(=O)O.OCCN(CCO)CCO. The van der Waals surface area contributed by atoms with Crippen LogP contribution in [0.3, 0.4) is 0 Å². The van der Waals surface area contributed by atoms with Gasteiger partial charge in [0.25, 0.3) is 0 Å². The number of ether oxygens (including phenoxy) is 2. The quantitative estimate of drug-likeness (QED) is 0.342. The van der Waals surface area contributed by atoms with Crippen LogP contribution in [0.4, 0.5) is 13.2 Å². The molecule has 0 amide bonds. The number of carboxylic acid groups (broad SMARTS) is 1. The molecule has 1 atom stereocenters. The average Bonchev–Trinajstić information content (AvgIpc) is 2.81. The molecule has 0 heterocycles. The van der Waals surface area contributed by atoms with Gasteiger partial charge in [-0.25, -0.2) is 4.79 Å². The molecule has 0 radical (unpaired) electrons. The summed E-state index contributed by atoms with van der Waals surface area (Å²) < 4.78 is 48.6. The summed E-state index contributed by atoms with van der Waals surface area (Å²) in [6, 6.07) is 8.41. The lowest BCUT2D eigenvalue weighted by Crippen LogP contribution is -2.32. The zero-order valence-corrected chi connectivity index (χ0v) is 20.0. The number of hydrogen-bond donors (Lipinski definition) is 4. The Balaban J connectivity index is 0.000000548. The number of halogens is 4. The zero-order valence-electron chi connectivity index (χ0n) is 19.2. The molecule has 9 nitrogen and oxygen atoms in total. The Morgan fingerprint density at radius 2 is 1.64 bits per heavy atom. The van der Waals surface area contributed by atoms with Crippen molar-refractivity contribution in [2.24, 2.45) is 0 Å². The number of nitrogens with zero attached hydrogens (tertiary/aromatic N) is 2. The maximum atomic E-state index is 12.7. The van der Waals surface area contributed by atoms with Gasteiger partial charge in [0.1, 0.15) is 23.3 Å². The average molecular weight is 535 g/mol. The van der Waals surface area contributed by atoms with Crippen molar-refractivity contribution in [1.29, 1.82) is 5.26 Å². The highest BCUT2D eigenvalue weighted by molar-refractivity contribution is 6.32. The zero-order chi connectivity index (χ0) is 27.3. The van der Waals surface area contributed by atoms with Crippen LogP contribution in [0.25, 0.3) is 0 Å². The number of alkyl halides is 3. The van der Waals surface area contributed by atoms with Gasteiger partial charge in [-0.2, -0.15) is 18.4 Å². The maximum absolute atomic E-state index is 12.7. The van der Waals surface area contributed by atoms with E-state index in [4.69, 9.17) is 46.8 Å². The topological polar surface area (TPSA) is 143 Å². The number of aliphatic hydroxyl groups excluding tert-OH is 3. The summed E-state index contributed by atoms with van der Waals surface area (Å²) in [5, 5.41) is 43.1. The minimum absolute atomic E-state index is 0.0389. The van der Waals surface area contributed by atoms with Crippen LogP contribution in [0.1, 0.15) is 18.1 Å². The molecule has 0 fully saturated rings. The standard InChI is InChI=1S/C17H11ClF3NO4.C6H15NO3/c1-9(16(23)24)25-15-7-12(4-2-10(15)8-22)26-14-5-3-11(6-13(14)18)17(19,20)21;8-4-1-7(2-5-9)3-6-10/h2-7,9H,1H3,(H,23,24);8-10H,1-6H2. The largest absolute Gasteiger partial charge is 0.479 e. The Bertz CT molecular complexity index is 1020. The van der Waals surface area contributed by atoms with Gasteiger partial charge in [-0.05, 0) is 37.3 Å². The van der Waals surface area contributed by atoms with E-state index in [1.165, 1.54) is 25.1 Å². The minimum atomic E-state index is -4.54. The van der Waals surface area contributed by atoms with Gasteiger partial charge in [0.05, 0.1) is 36.0 Å². The van der Waals surface area contributed by atoms with Gasteiger partial charge in [-0.1, -0.05) is 11.6 Å². The van der Waals surface area contributed by atoms with Crippen molar-refractivity contribution in [3.8, 4) is 23.3 Å². The second kappa shape index (κ2) is 15.1. The van der Waals surface area contributed by atoms with Crippen LogP contribution in [0.15, 0.2) is 36.4 Å². The molecule has 0 aliphatic carbocycles. The Labute approximate surface area is 210 Å². The third-order valence-electron chi connectivity index (χ3n) is 4.46. The van der Waals surface area contributed by atoms with Crippen molar-refractivity contribution < 1.29 is 47.9 Å². The maximum Gasteiger partial charge on any atom is 0.416 e. The highest BCUT2D eigenvalue weighted by atomic mass is 35.5. The number of aliphatic carboxylic acids is 1. The first-order valence-corrected chi connectivity index (χ1v) is 10.9. The Kier molecular flexibility index (Phi) is 13.0. The van der Waals surface area contributed by atoms with Gasteiger partial charge in [0.15, 0.2) is 6.10 Å². The van der Waals surface area contributed by atoms with Gasteiger partial charge >= 0.3 is 12.1 Å². The molecule has 4 N–H and O–H groups in total. The molecular weight excluding hydrogens is 509 g/mol. The highest BCUT2D eigenvalue weighted by Gasteiger charge is 2.31. The molecule has 198 valence electrons. The fraction of sp³-hybridized carbons (Fsp3) is 0.391. The Morgan fingerprint density at radius 1 is 1.06 bits per heavy atom. The van der Waals surface area contributed by atoms with Gasteiger partial charge in [0, 0.05) is 25.7 Å². The van der Waals surface area contributed by atoms with Crippen LogP contribution in [0.5, 0.6) is 17.2 Å². The van der Waals surface area contributed by atoms with E-state index in [9.17, 15) is 18.0 Å². The molecule has 2 aromatic rings. The summed E-state index contributed by atoms with van der Waals surface area (Å²) in [5.74, 6) is -1.20. The third-order valence-corrected chi connectivity index (χ3v) is 4.76. The summed E-state index contributed by atoms with van der Waals surface area (Å²) in [4.78, 5) is 12.7. The van der Waals surface area contributed by atoms with Crippen LogP contribution in [0, 0.1) is 11.3 Å². The minimum Gasteiger partial charge on any atom is -0.479 e. The molecule has 0 spiro atoms. The number of hydrogen-bond acceptors (Lipinski definition) is 8. The third kappa shape index (κ3) is 10.3. The molecule has 13 heteroatoms. The Hall–Kier alpha value is -3.08. The first kappa shape index (κ1) is 31.0. The number of carbonyl (C=O) groups is 1. The lowest BCUT2D eigenvalue weighted by atomic mass is 10.2. The molecule has 1 unspecified atom stereocenters. The van der Waals surface area contributed by atoms with Gasteiger partial charge in [-0.3, -0.25) is 4.90 Å². The van der Waals surface area contributed by atoms with Crippen molar-refractivity contribution in [3.05, 3.63) is 52.5 Å². The summed E-state index contributed by atoms with van der Waals surface area (Å²) >= 11 is 5.82. The van der Waals surface area contributed by atoms with E-state index in [0.717, 1.165) is 18.2 Å². The van der Waals surface area contributed by atoms with Crippen LogP contribution in [-0.2, 0) is 11.0 Å². The van der Waals surface area contributed by atoms with Gasteiger partial charge < -0.3 is 29.9 Å². The number of nitriles is 1. The molecule has 36 heavy (non-hydrogen) atoms. The molecule has 0 aliphatic rings. The number of carboxylic acids is 1. The van der Waals surface area contributed by atoms with Crippen LogP contribution >= 0.6 is 11.6 Å². The molecule has 2 aromatic carbocycles. The summed E-state index contributed by atoms with van der Waals surface area (Å²) in [6.07, 6.45) is -5.75. The lowest BCUT2D eigenvalue weighted by molar-refractivity contribution is -0.144. The van der Waals surface area contributed by atoms with Crippen molar-refractivity contribution >= 4 is 17.6 Å². The molecule has 0 bridgehead atoms. The van der Waals surface area contributed by atoms with Crippen molar-refractivity contribution in [2.45, 2.75) is 19.2 Å². The first-order chi connectivity index (χ1) is 17.0. The van der Waals surface area contributed by atoms with Crippen molar-refractivity contribution in [2.75, 3.05) is 39.5 Å². The molecular formula is C23H26ClF3N2O7. The van der Waals surface area contributed by atoms with Gasteiger partial charge in [0.2, 0.25) is 0 Å². The van der Waals surface area contributed by atoms with Crippen LogP contribution in [0.2, 0.25) is 5.02 Å². The summed E-state index contributed by atoms with van der Waals surface area (Å²) in [7, 11) is 0. The highest BCUT2D eigenvalue weighted by Crippen LogP contribution is 2.37. The summed E-state index contributed by atoms with van der Waals surface area (Å²) in [6.45, 7) is 3.03. The van der Waals surface area contributed by atoms with E-state index in [1.54, 1.807) is 4.90 Å². The molecule has 0 saturated carbocycles. The fourth-order valence-electron chi connectivity index (χ4n) is 2.64. The predicted molar refractivity (Wildman–Crippen MR) is 123 cm³/mol. The van der Waals surface area contributed by atoms with Crippen molar-refractivity contribution in [1.82, 2.24) is 4.90 Å². The molecule has 2 rings (SSSR count). The monoisotopic (exact) mass is 534 g/mol. The molecule has 0 aliphatic heterocycles. The van der Waals surface area contributed by atoms with Crippen LogP contribution < -0.4 is 9.47 Å². The van der Waals surface area contributed by atoms with Gasteiger partial charge in [-0.15, -0.1) is 0 Å². The Morgan fingerprint density at radius 3 is 2.08 bits per heavy atom. The van der Waals surface area contributed by atoms with E-state index >= 15 is 0 Å². The number of aliphatic hydroxyl groups is 3. The smallest absolute Gasteiger partial charge is 0.416 e. The first-order valence-electron chi connectivity index (χ1n) is 10.5. The van der Waals surface area contributed by atoms with E-state index in [1.807, 2.05) is 6.07 Å². The van der Waals surface area contributed by atoms with E-state index in [-0.39, 0.29) is 47.7 Å². The van der Waals surface area contributed by atoms with Crippen molar-refractivity contribution in [3.63, 3.8) is 0 Å². The van der Waals surface area contributed by atoms with E-state index in [0.29, 0.717) is 19.6 Å². The normalized spacial score (nSPS) is 11.8. The second-order valence-corrected chi connectivity index (χ2v) is 7.53. The fourth-order valence-corrected chi connectivity index (χ4v) is 2.86. The number of benzene rings is 2. The number of rotatable bonds is 11. The van der Waals surface area contributed by atoms with Crippen LogP contribution in [-0.4, -0.2) is 76.9 Å². The lowest BCUT2D eigenvalue weighted by Gasteiger charge is -2.17. The van der Waals surface area contributed by atoms with E-state index < -0.39 is 23.8 Å². The van der Waals surface area contributed by atoms with E-state index in [2.05, 4.69) is 0 Å². The molecule has 0 saturated heterocycles. The molecule has 0 aromatic heterocycles. The summed E-state index contributed by atoms with van der Waals surface area (Å²) in [5.41, 5.74) is -0.849. The second-order valence-electron chi connectivity index (χ2n) is 7.13. The predicted octanol–water partition coefficient (Wildman–Crippen LogP) is 3.14.